The monoisotopic (exact) mass is 304 g/mol. The van der Waals surface area contributed by atoms with Gasteiger partial charge in [-0.3, -0.25) is 4.79 Å². The fraction of sp³-hybridized carbons (Fsp3) is 0.533. The van der Waals surface area contributed by atoms with Gasteiger partial charge in [-0.05, 0) is 37.8 Å². The number of amides is 1. The predicted molar refractivity (Wildman–Crippen MR) is 78.2 cm³/mol. The molecule has 118 valence electrons. The molecule has 1 saturated carbocycles. The lowest BCUT2D eigenvalue weighted by molar-refractivity contribution is 0.0885. The van der Waals surface area contributed by atoms with Gasteiger partial charge in [0.25, 0.3) is 5.91 Å². The number of nitrogens with zero attached hydrogens (tertiary/aromatic N) is 3. The van der Waals surface area contributed by atoms with Crippen LogP contribution >= 0.6 is 0 Å². The van der Waals surface area contributed by atoms with E-state index in [1.54, 1.807) is 31.9 Å². The number of methoxy groups -OCH3 is 1. The van der Waals surface area contributed by atoms with Crippen molar-refractivity contribution in [3.05, 3.63) is 36.3 Å². The molecule has 0 radical (unpaired) electrons. The summed E-state index contributed by atoms with van der Waals surface area (Å²) in [6.45, 7) is 0.371. The first kappa shape index (κ1) is 14.8. The van der Waals surface area contributed by atoms with Gasteiger partial charge in [-0.2, -0.15) is 5.10 Å². The Balaban J connectivity index is 1.50. The highest BCUT2D eigenvalue weighted by Gasteiger charge is 2.25. The molecule has 2 heterocycles. The first-order chi connectivity index (χ1) is 10.8. The molecule has 2 aromatic heterocycles. The van der Waals surface area contributed by atoms with Crippen molar-refractivity contribution in [3.8, 4) is 0 Å². The van der Waals surface area contributed by atoms with Crippen LogP contribution < -0.4 is 5.32 Å². The van der Waals surface area contributed by atoms with Crippen LogP contribution in [0.2, 0.25) is 0 Å². The highest BCUT2D eigenvalue weighted by atomic mass is 16.5. The number of carbonyl (C=O) groups is 1. The second-order valence-corrected chi connectivity index (χ2v) is 5.55. The number of rotatable bonds is 5. The van der Waals surface area contributed by atoms with Crippen molar-refractivity contribution in [2.75, 3.05) is 7.11 Å². The molecule has 2 aromatic rings. The van der Waals surface area contributed by atoms with E-state index in [1.807, 2.05) is 4.68 Å². The van der Waals surface area contributed by atoms with Gasteiger partial charge in [0, 0.05) is 13.2 Å². The van der Waals surface area contributed by atoms with Crippen LogP contribution in [0.5, 0.6) is 0 Å². The summed E-state index contributed by atoms with van der Waals surface area (Å²) in [5, 5.41) is 7.22. The molecule has 0 bridgehead atoms. The molecule has 7 nitrogen and oxygen atoms in total. The molecule has 0 aliphatic heterocycles. The third-order valence-corrected chi connectivity index (χ3v) is 4.01. The summed E-state index contributed by atoms with van der Waals surface area (Å²) in [5.74, 6) is 0.833. The molecule has 0 saturated heterocycles. The summed E-state index contributed by atoms with van der Waals surface area (Å²) in [7, 11) is 1.59. The van der Waals surface area contributed by atoms with Crippen LogP contribution in [0.25, 0.3) is 0 Å². The first-order valence-electron chi connectivity index (χ1n) is 7.49. The van der Waals surface area contributed by atoms with Gasteiger partial charge < -0.3 is 14.5 Å². The lowest BCUT2D eigenvalue weighted by Gasteiger charge is -2.28. The fourth-order valence-corrected chi connectivity index (χ4v) is 2.87. The maximum absolute atomic E-state index is 12.2. The van der Waals surface area contributed by atoms with Crippen molar-refractivity contribution in [2.45, 2.75) is 44.4 Å². The van der Waals surface area contributed by atoms with Gasteiger partial charge in [0.05, 0.1) is 6.04 Å². The van der Waals surface area contributed by atoms with Crippen molar-refractivity contribution in [3.63, 3.8) is 0 Å². The van der Waals surface area contributed by atoms with Crippen LogP contribution in [0.1, 0.15) is 48.0 Å². The van der Waals surface area contributed by atoms with E-state index in [1.165, 1.54) is 0 Å². The zero-order valence-electron chi connectivity index (χ0n) is 12.6. The molecule has 0 aromatic carbocycles. The lowest BCUT2D eigenvalue weighted by atomic mass is 9.91. The number of carbonyl (C=O) groups excluding carboxylic acids is 1. The molecule has 1 aliphatic carbocycles. The van der Waals surface area contributed by atoms with E-state index >= 15 is 0 Å². The third-order valence-electron chi connectivity index (χ3n) is 4.01. The molecule has 1 fully saturated rings. The van der Waals surface area contributed by atoms with Crippen LogP contribution in [-0.4, -0.2) is 33.8 Å². The Morgan fingerprint density at radius 1 is 1.41 bits per heavy atom. The van der Waals surface area contributed by atoms with Gasteiger partial charge >= 0.3 is 0 Å². The van der Waals surface area contributed by atoms with Gasteiger partial charge in [0.1, 0.15) is 25.0 Å². The number of hydrogen-bond acceptors (Lipinski definition) is 5. The van der Waals surface area contributed by atoms with Crippen LogP contribution in [-0.2, 0) is 11.3 Å². The molecular formula is C15H20N4O3. The van der Waals surface area contributed by atoms with Crippen molar-refractivity contribution in [1.29, 1.82) is 0 Å². The number of ether oxygens (including phenoxy) is 1. The first-order valence-corrected chi connectivity index (χ1v) is 7.49. The number of furan rings is 1. The lowest BCUT2D eigenvalue weighted by Crippen LogP contribution is -2.37. The van der Waals surface area contributed by atoms with E-state index in [-0.39, 0.29) is 11.9 Å². The van der Waals surface area contributed by atoms with Gasteiger partial charge in [-0.1, -0.05) is 0 Å². The molecule has 1 aliphatic rings. The molecule has 3 rings (SSSR count). The standard InChI is InChI=1S/C15H20N4O3/c1-21-8-13-6-7-14(22-13)15(20)18-11-2-4-12(5-3-11)19-10-16-9-17-19/h6-7,9-12H,2-5,8H2,1H3,(H,18,20). The van der Waals surface area contributed by atoms with E-state index in [0.717, 1.165) is 25.7 Å². The van der Waals surface area contributed by atoms with Crippen LogP contribution in [0.4, 0.5) is 0 Å². The van der Waals surface area contributed by atoms with Gasteiger partial charge in [-0.25, -0.2) is 9.67 Å². The largest absolute Gasteiger partial charge is 0.453 e. The smallest absolute Gasteiger partial charge is 0.287 e. The van der Waals surface area contributed by atoms with Gasteiger partial charge in [0.2, 0.25) is 0 Å². The van der Waals surface area contributed by atoms with Crippen LogP contribution in [0.3, 0.4) is 0 Å². The normalized spacial score (nSPS) is 21.7. The number of nitrogens with one attached hydrogen (secondary N) is 1. The molecule has 0 spiro atoms. The van der Waals surface area contributed by atoms with E-state index in [2.05, 4.69) is 15.4 Å². The molecule has 1 amide bonds. The molecule has 22 heavy (non-hydrogen) atoms. The fourth-order valence-electron chi connectivity index (χ4n) is 2.87. The summed E-state index contributed by atoms with van der Waals surface area (Å²) in [5.41, 5.74) is 0. The highest BCUT2D eigenvalue weighted by molar-refractivity contribution is 5.91. The Hall–Kier alpha value is -2.15. The third kappa shape index (κ3) is 3.36. The minimum Gasteiger partial charge on any atom is -0.453 e. The predicted octanol–water partition coefficient (Wildman–Crippen LogP) is 1.93. The summed E-state index contributed by atoms with van der Waals surface area (Å²) in [6.07, 6.45) is 7.15. The van der Waals surface area contributed by atoms with Crippen LogP contribution in [0.15, 0.2) is 29.2 Å². The van der Waals surface area contributed by atoms with Crippen LogP contribution in [0, 0.1) is 0 Å². The summed E-state index contributed by atoms with van der Waals surface area (Å²) >= 11 is 0. The Morgan fingerprint density at radius 2 is 2.23 bits per heavy atom. The Morgan fingerprint density at radius 3 is 2.91 bits per heavy atom. The molecule has 1 N–H and O–H groups in total. The summed E-state index contributed by atoms with van der Waals surface area (Å²) in [4.78, 5) is 16.1. The Labute approximate surface area is 128 Å². The quantitative estimate of drug-likeness (QED) is 0.912. The minimum atomic E-state index is -0.161. The molecular weight excluding hydrogens is 284 g/mol. The second-order valence-electron chi connectivity index (χ2n) is 5.55. The van der Waals surface area contributed by atoms with Crippen molar-refractivity contribution in [1.82, 2.24) is 20.1 Å². The number of hydrogen-bond donors (Lipinski definition) is 1. The van der Waals surface area contributed by atoms with E-state index < -0.39 is 0 Å². The maximum Gasteiger partial charge on any atom is 0.287 e. The minimum absolute atomic E-state index is 0.161. The molecule has 0 unspecified atom stereocenters. The Bertz CT molecular complexity index is 600. The van der Waals surface area contributed by atoms with Gasteiger partial charge in [0.15, 0.2) is 5.76 Å². The average Bonchev–Trinajstić information content (AvgIpc) is 3.20. The topological polar surface area (TPSA) is 82.2 Å². The van der Waals surface area contributed by atoms with E-state index in [0.29, 0.717) is 24.2 Å². The second kappa shape index (κ2) is 6.74. The average molecular weight is 304 g/mol. The zero-order chi connectivity index (χ0) is 15.4. The van der Waals surface area contributed by atoms with E-state index in [9.17, 15) is 4.79 Å². The van der Waals surface area contributed by atoms with E-state index in [4.69, 9.17) is 9.15 Å². The summed E-state index contributed by atoms with van der Waals surface area (Å²) in [6, 6.07) is 4.01. The maximum atomic E-state index is 12.2. The van der Waals surface area contributed by atoms with Gasteiger partial charge in [-0.15, -0.1) is 0 Å². The van der Waals surface area contributed by atoms with Crippen molar-refractivity contribution >= 4 is 5.91 Å². The Kier molecular flexibility index (Phi) is 4.53. The van der Waals surface area contributed by atoms with Crippen molar-refractivity contribution in [2.24, 2.45) is 0 Å². The zero-order valence-corrected chi connectivity index (χ0v) is 12.6. The summed E-state index contributed by atoms with van der Waals surface area (Å²) < 4.78 is 12.3. The highest BCUT2D eigenvalue weighted by Crippen LogP contribution is 2.27. The number of aromatic nitrogens is 3. The van der Waals surface area contributed by atoms with Crippen molar-refractivity contribution < 1.29 is 13.9 Å². The molecule has 7 heteroatoms. The SMILES string of the molecule is COCc1ccc(C(=O)NC2CCC(n3cncn3)CC2)o1. The molecule has 0 atom stereocenters.